The number of aryl methyl sites for hydroxylation is 1. The molecule has 1 heterocycles. The molecule has 0 aliphatic carbocycles. The van der Waals surface area contributed by atoms with E-state index in [2.05, 4.69) is 15.4 Å². The number of tetrazole rings is 1. The van der Waals surface area contributed by atoms with Gasteiger partial charge in [-0.3, -0.25) is 0 Å². The molecule has 76 valence electrons. The Balaban J connectivity index is 2.47. The van der Waals surface area contributed by atoms with Crippen molar-refractivity contribution in [2.45, 2.75) is 6.42 Å². The largest absolute Gasteiger partial charge is 0.303 e. The lowest BCUT2D eigenvalue weighted by Crippen LogP contribution is -1.94. The molecule has 0 N–H and O–H groups in total. The molecule has 2 aromatic rings. The van der Waals surface area contributed by atoms with Crippen molar-refractivity contribution in [3.05, 3.63) is 29.8 Å². The van der Waals surface area contributed by atoms with Gasteiger partial charge >= 0.3 is 0 Å². The molecule has 1 aromatic heterocycles. The fourth-order valence-corrected chi connectivity index (χ4v) is 1.40. The van der Waals surface area contributed by atoms with Gasteiger partial charge < -0.3 is 4.79 Å². The summed E-state index contributed by atoms with van der Waals surface area (Å²) in [6.07, 6.45) is 1.24. The molecule has 0 spiro atoms. The van der Waals surface area contributed by atoms with Gasteiger partial charge in [0.2, 0.25) is 5.82 Å². The molecule has 0 unspecified atom stereocenters. The molecule has 5 nitrogen and oxygen atoms in total. The lowest BCUT2D eigenvalue weighted by molar-refractivity contribution is -0.107. The molecule has 5 heteroatoms. The van der Waals surface area contributed by atoms with E-state index in [9.17, 15) is 4.79 Å². The normalized spacial score (nSPS) is 10.2. The maximum Gasteiger partial charge on any atom is 0.205 e. The summed E-state index contributed by atoms with van der Waals surface area (Å²) >= 11 is 0. The third-order valence-corrected chi connectivity index (χ3v) is 2.07. The minimum Gasteiger partial charge on any atom is -0.303 e. The second-order valence-electron chi connectivity index (χ2n) is 3.13. The number of hydrogen-bond acceptors (Lipinski definition) is 4. The van der Waals surface area contributed by atoms with Crippen LogP contribution in [0, 0.1) is 0 Å². The van der Waals surface area contributed by atoms with Gasteiger partial charge in [-0.2, -0.15) is 4.80 Å². The van der Waals surface area contributed by atoms with Crippen LogP contribution in [-0.2, 0) is 18.3 Å². The van der Waals surface area contributed by atoms with Gasteiger partial charge in [-0.1, -0.05) is 24.3 Å². The van der Waals surface area contributed by atoms with Crippen LogP contribution in [0.2, 0.25) is 0 Å². The number of benzene rings is 1. The molecule has 0 saturated heterocycles. The van der Waals surface area contributed by atoms with E-state index in [0.29, 0.717) is 12.2 Å². The topological polar surface area (TPSA) is 60.7 Å². The molecular formula is C10H10N4O. The zero-order valence-corrected chi connectivity index (χ0v) is 8.29. The van der Waals surface area contributed by atoms with E-state index in [1.54, 1.807) is 7.05 Å². The van der Waals surface area contributed by atoms with Gasteiger partial charge in [0, 0.05) is 12.0 Å². The summed E-state index contributed by atoms with van der Waals surface area (Å²) in [5, 5.41) is 11.8. The Morgan fingerprint density at radius 3 is 2.87 bits per heavy atom. The molecule has 0 aliphatic heterocycles. The van der Waals surface area contributed by atoms with Crippen molar-refractivity contribution >= 4 is 6.29 Å². The van der Waals surface area contributed by atoms with Gasteiger partial charge in [-0.15, -0.1) is 10.2 Å². The van der Waals surface area contributed by atoms with Gasteiger partial charge in [0.25, 0.3) is 0 Å². The summed E-state index contributed by atoms with van der Waals surface area (Å²) in [4.78, 5) is 11.9. The quantitative estimate of drug-likeness (QED) is 0.684. The van der Waals surface area contributed by atoms with Gasteiger partial charge in [-0.25, -0.2) is 0 Å². The molecule has 0 atom stereocenters. The molecule has 0 bridgehead atoms. The lowest BCUT2D eigenvalue weighted by Gasteiger charge is -2.01. The molecule has 0 fully saturated rings. The number of hydrogen-bond donors (Lipinski definition) is 0. The number of rotatable bonds is 3. The third kappa shape index (κ3) is 1.90. The first-order valence-electron chi connectivity index (χ1n) is 4.57. The first-order valence-corrected chi connectivity index (χ1v) is 4.57. The summed E-state index contributed by atoms with van der Waals surface area (Å²) in [5.74, 6) is 0.551. The molecule has 0 amide bonds. The highest BCUT2D eigenvalue weighted by atomic mass is 16.1. The van der Waals surface area contributed by atoms with E-state index in [1.807, 2.05) is 24.3 Å². The van der Waals surface area contributed by atoms with Crippen molar-refractivity contribution < 1.29 is 4.79 Å². The Kier molecular flexibility index (Phi) is 2.53. The zero-order chi connectivity index (χ0) is 10.7. The Bertz CT molecular complexity index is 478. The average Bonchev–Trinajstić information content (AvgIpc) is 2.66. The van der Waals surface area contributed by atoms with E-state index < -0.39 is 0 Å². The van der Waals surface area contributed by atoms with Gasteiger partial charge in [-0.05, 0) is 10.8 Å². The Morgan fingerprint density at radius 2 is 2.20 bits per heavy atom. The van der Waals surface area contributed by atoms with Crippen LogP contribution in [0.15, 0.2) is 24.3 Å². The smallest absolute Gasteiger partial charge is 0.205 e. The SMILES string of the molecule is Cn1nnc(-c2ccccc2CC=O)n1. The number of carbonyl (C=O) groups excluding carboxylic acids is 1. The Morgan fingerprint density at radius 1 is 1.40 bits per heavy atom. The van der Waals surface area contributed by atoms with Crippen LogP contribution in [0.5, 0.6) is 0 Å². The third-order valence-electron chi connectivity index (χ3n) is 2.07. The standard InChI is InChI=1S/C10H10N4O/c1-14-12-10(11-13-14)9-5-3-2-4-8(9)6-7-15/h2-5,7H,6H2,1H3. The van der Waals surface area contributed by atoms with Crippen LogP contribution in [0.3, 0.4) is 0 Å². The summed E-state index contributed by atoms with van der Waals surface area (Å²) in [5.41, 5.74) is 1.78. The summed E-state index contributed by atoms with van der Waals surface area (Å²) in [7, 11) is 1.71. The summed E-state index contributed by atoms with van der Waals surface area (Å²) in [6, 6.07) is 7.55. The van der Waals surface area contributed by atoms with Crippen molar-refractivity contribution in [3.63, 3.8) is 0 Å². The maximum absolute atomic E-state index is 10.5. The molecule has 0 aliphatic rings. The first-order chi connectivity index (χ1) is 7.31. The van der Waals surface area contributed by atoms with Crippen LogP contribution >= 0.6 is 0 Å². The fourth-order valence-electron chi connectivity index (χ4n) is 1.40. The highest BCUT2D eigenvalue weighted by Gasteiger charge is 2.08. The highest BCUT2D eigenvalue weighted by Crippen LogP contribution is 2.18. The molecular weight excluding hydrogens is 192 g/mol. The summed E-state index contributed by atoms with van der Waals surface area (Å²) < 4.78 is 0. The lowest BCUT2D eigenvalue weighted by atomic mass is 10.1. The van der Waals surface area contributed by atoms with Crippen LogP contribution in [-0.4, -0.2) is 26.5 Å². The van der Waals surface area contributed by atoms with Crippen LogP contribution in [0.1, 0.15) is 5.56 Å². The minimum atomic E-state index is 0.369. The van der Waals surface area contributed by atoms with E-state index in [4.69, 9.17) is 0 Å². The van der Waals surface area contributed by atoms with Crippen LogP contribution in [0.4, 0.5) is 0 Å². The average molecular weight is 202 g/mol. The van der Waals surface area contributed by atoms with Crippen molar-refractivity contribution in [3.8, 4) is 11.4 Å². The predicted octanol–water partition coefficient (Wildman–Crippen LogP) is 0.618. The Hall–Kier alpha value is -2.04. The molecule has 15 heavy (non-hydrogen) atoms. The number of carbonyl (C=O) groups is 1. The number of aromatic nitrogens is 4. The fraction of sp³-hybridized carbons (Fsp3) is 0.200. The predicted molar refractivity (Wildman–Crippen MR) is 54.0 cm³/mol. The highest BCUT2D eigenvalue weighted by molar-refractivity contribution is 5.66. The molecule has 1 aromatic carbocycles. The van der Waals surface area contributed by atoms with E-state index in [0.717, 1.165) is 17.4 Å². The zero-order valence-electron chi connectivity index (χ0n) is 8.29. The monoisotopic (exact) mass is 202 g/mol. The summed E-state index contributed by atoms with van der Waals surface area (Å²) in [6.45, 7) is 0. The number of nitrogens with zero attached hydrogens (tertiary/aromatic N) is 4. The van der Waals surface area contributed by atoms with Crippen molar-refractivity contribution in [2.24, 2.45) is 7.05 Å². The van der Waals surface area contributed by atoms with Gasteiger partial charge in [0.15, 0.2) is 0 Å². The van der Waals surface area contributed by atoms with Gasteiger partial charge in [0.05, 0.1) is 7.05 Å². The molecule has 0 saturated carbocycles. The second-order valence-corrected chi connectivity index (χ2v) is 3.13. The Labute approximate surface area is 86.7 Å². The van der Waals surface area contributed by atoms with Crippen LogP contribution < -0.4 is 0 Å². The second kappa shape index (κ2) is 4.00. The van der Waals surface area contributed by atoms with Gasteiger partial charge in [0.1, 0.15) is 6.29 Å². The van der Waals surface area contributed by atoms with Crippen LogP contribution in [0.25, 0.3) is 11.4 Å². The van der Waals surface area contributed by atoms with E-state index >= 15 is 0 Å². The van der Waals surface area contributed by atoms with E-state index in [-0.39, 0.29) is 0 Å². The molecule has 2 rings (SSSR count). The van der Waals surface area contributed by atoms with Crippen molar-refractivity contribution in [1.82, 2.24) is 20.2 Å². The maximum atomic E-state index is 10.5. The van der Waals surface area contributed by atoms with Crippen molar-refractivity contribution in [1.29, 1.82) is 0 Å². The molecule has 0 radical (unpaired) electrons. The number of aldehydes is 1. The minimum absolute atomic E-state index is 0.369. The van der Waals surface area contributed by atoms with Crippen molar-refractivity contribution in [2.75, 3.05) is 0 Å². The van der Waals surface area contributed by atoms with E-state index in [1.165, 1.54) is 4.80 Å². The first kappa shape index (κ1) is 9.51.